The van der Waals surface area contributed by atoms with Crippen molar-refractivity contribution in [1.29, 1.82) is 0 Å². The largest absolute Gasteiger partial charge is 0.459 e. The number of carbonyl (C=O) groups excluding carboxylic acids is 1. The van der Waals surface area contributed by atoms with Crippen LogP contribution < -0.4 is 0 Å². The predicted octanol–water partition coefficient (Wildman–Crippen LogP) is 4.93. The summed E-state index contributed by atoms with van der Waals surface area (Å²) in [5.41, 5.74) is -0.777. The maximum absolute atomic E-state index is 12.0. The Hall–Kier alpha value is -0.660. The predicted molar refractivity (Wildman–Crippen MR) is 113 cm³/mol. The summed E-state index contributed by atoms with van der Waals surface area (Å²) < 4.78 is 43.5. The van der Waals surface area contributed by atoms with Crippen LogP contribution in [0.25, 0.3) is 0 Å². The summed E-state index contributed by atoms with van der Waals surface area (Å²) in [7, 11) is -4.49. The van der Waals surface area contributed by atoms with E-state index in [-0.39, 0.29) is 27.8 Å². The topological polar surface area (TPSA) is 89.9 Å². The summed E-state index contributed by atoms with van der Waals surface area (Å²) in [4.78, 5) is 12.0. The number of hydrogen-bond donors (Lipinski definition) is 1. The minimum atomic E-state index is -4.49. The molecular weight excluding hydrogens is 404 g/mol. The van der Waals surface area contributed by atoms with E-state index in [1.807, 2.05) is 0 Å². The molecule has 4 rings (SSSR count). The van der Waals surface area contributed by atoms with Gasteiger partial charge in [0.2, 0.25) is 0 Å². The summed E-state index contributed by atoms with van der Waals surface area (Å²) in [6, 6.07) is 0. The Labute approximate surface area is 181 Å². The van der Waals surface area contributed by atoms with E-state index in [2.05, 4.69) is 41.5 Å². The van der Waals surface area contributed by atoms with Gasteiger partial charge < -0.3 is 4.74 Å². The van der Waals surface area contributed by atoms with Gasteiger partial charge >= 0.3 is 16.4 Å². The lowest BCUT2D eigenvalue weighted by atomic mass is 9.36. The quantitative estimate of drug-likeness (QED) is 0.492. The van der Waals surface area contributed by atoms with Gasteiger partial charge in [0.05, 0.1) is 6.10 Å². The molecule has 0 aromatic heterocycles. The van der Waals surface area contributed by atoms with Crippen molar-refractivity contribution in [1.82, 2.24) is 0 Å². The van der Waals surface area contributed by atoms with Crippen molar-refractivity contribution in [3.8, 4) is 0 Å². The van der Waals surface area contributed by atoms with E-state index in [9.17, 15) is 17.8 Å². The highest BCUT2D eigenvalue weighted by molar-refractivity contribution is 7.80. The monoisotopic (exact) mass is 442 g/mol. The summed E-state index contributed by atoms with van der Waals surface area (Å²) >= 11 is 0. The van der Waals surface area contributed by atoms with Crippen LogP contribution in [0.4, 0.5) is 0 Å². The average Bonchev–Trinajstić information content (AvgIpc) is 3.14. The highest BCUT2D eigenvalue weighted by Gasteiger charge is 2.71. The molecule has 30 heavy (non-hydrogen) atoms. The second-order valence-electron chi connectivity index (χ2n) is 12.0. The smallest absolute Gasteiger partial charge is 0.397 e. The van der Waals surface area contributed by atoms with Gasteiger partial charge in [-0.05, 0) is 79.4 Å². The van der Waals surface area contributed by atoms with Crippen LogP contribution in [-0.4, -0.2) is 30.6 Å². The minimum Gasteiger partial charge on any atom is -0.459 e. The van der Waals surface area contributed by atoms with Gasteiger partial charge in [0, 0.05) is 12.3 Å². The van der Waals surface area contributed by atoms with E-state index < -0.39 is 21.9 Å². The number of rotatable bonds is 3. The van der Waals surface area contributed by atoms with Crippen molar-refractivity contribution in [2.75, 3.05) is 0 Å². The van der Waals surface area contributed by atoms with Crippen molar-refractivity contribution in [3.63, 3.8) is 0 Å². The second kappa shape index (κ2) is 6.44. The van der Waals surface area contributed by atoms with Crippen LogP contribution in [0.5, 0.6) is 0 Å². The molecule has 4 aliphatic rings. The molecule has 0 bridgehead atoms. The maximum Gasteiger partial charge on any atom is 0.397 e. The minimum absolute atomic E-state index is 0.0241. The SMILES string of the molecule is CC1(C)[C@@H](OS(=O)(=O)O)CC[C@]2(C)C3CC[C@H]([C@]4(C)CCC(=O)O4)[C@]3(C)CCC12C. The summed E-state index contributed by atoms with van der Waals surface area (Å²) in [5, 5.41) is 0. The van der Waals surface area contributed by atoms with E-state index in [0.717, 1.165) is 38.5 Å². The molecule has 1 N–H and O–H groups in total. The molecule has 172 valence electrons. The van der Waals surface area contributed by atoms with Crippen LogP contribution >= 0.6 is 0 Å². The van der Waals surface area contributed by atoms with Gasteiger partial charge in [0.15, 0.2) is 0 Å². The molecule has 7 heteroatoms. The Morgan fingerprint density at radius 1 is 0.933 bits per heavy atom. The molecule has 0 radical (unpaired) electrons. The standard InChI is InChI=1S/C23H38O6S/c1-19(2)17(29-30(25,26)27)9-11-21(4)15-7-8-16(22(5)12-10-18(24)28-22)20(15,3)13-14-23(19,21)6/h15-17H,7-14H2,1-6H3,(H,25,26,27)/t15?,16-,17-,20+,21+,22-,23?/m0/s1. The first-order valence-electron chi connectivity index (χ1n) is 11.5. The third-order valence-electron chi connectivity index (χ3n) is 10.8. The van der Waals surface area contributed by atoms with Crippen molar-refractivity contribution < 1.29 is 26.7 Å². The average molecular weight is 443 g/mol. The summed E-state index contributed by atoms with van der Waals surface area (Å²) in [6.45, 7) is 13.5. The molecule has 4 fully saturated rings. The fourth-order valence-electron chi connectivity index (χ4n) is 8.75. The molecule has 3 saturated carbocycles. The van der Waals surface area contributed by atoms with Crippen LogP contribution in [0.15, 0.2) is 0 Å². The van der Waals surface area contributed by atoms with Crippen molar-refractivity contribution in [2.24, 2.45) is 33.5 Å². The Bertz CT molecular complexity index is 852. The van der Waals surface area contributed by atoms with E-state index in [1.165, 1.54) is 0 Å². The molecule has 0 aromatic carbocycles. The van der Waals surface area contributed by atoms with Crippen LogP contribution in [0, 0.1) is 33.5 Å². The van der Waals surface area contributed by atoms with Crippen LogP contribution in [0.2, 0.25) is 0 Å². The third kappa shape index (κ3) is 2.87. The molecule has 2 unspecified atom stereocenters. The summed E-state index contributed by atoms with van der Waals surface area (Å²) in [6.07, 6.45) is 6.47. The van der Waals surface area contributed by atoms with Crippen LogP contribution in [0.3, 0.4) is 0 Å². The van der Waals surface area contributed by atoms with E-state index in [4.69, 9.17) is 8.92 Å². The van der Waals surface area contributed by atoms with Gasteiger partial charge in [0.1, 0.15) is 5.60 Å². The highest BCUT2D eigenvalue weighted by atomic mass is 32.3. The first-order chi connectivity index (χ1) is 13.6. The number of hydrogen-bond acceptors (Lipinski definition) is 5. The molecule has 0 aromatic rings. The van der Waals surface area contributed by atoms with Crippen LogP contribution in [0.1, 0.15) is 92.9 Å². The Kier molecular flexibility index (Phi) is 4.84. The lowest BCUT2D eigenvalue weighted by Crippen LogP contribution is -2.65. The van der Waals surface area contributed by atoms with Crippen molar-refractivity contribution in [3.05, 3.63) is 0 Å². The van der Waals surface area contributed by atoms with Gasteiger partial charge in [-0.2, -0.15) is 8.42 Å². The molecule has 3 aliphatic carbocycles. The number of ether oxygens (including phenoxy) is 1. The van der Waals surface area contributed by atoms with Gasteiger partial charge in [-0.25, -0.2) is 4.18 Å². The zero-order chi connectivity index (χ0) is 22.4. The van der Waals surface area contributed by atoms with E-state index in [1.54, 1.807) is 0 Å². The first kappa shape index (κ1) is 22.5. The molecule has 0 spiro atoms. The van der Waals surface area contributed by atoms with Crippen molar-refractivity contribution in [2.45, 2.75) is 105 Å². The fraction of sp³-hybridized carbons (Fsp3) is 0.957. The fourth-order valence-corrected chi connectivity index (χ4v) is 9.38. The molecule has 1 aliphatic heterocycles. The van der Waals surface area contributed by atoms with Gasteiger partial charge in [-0.3, -0.25) is 9.35 Å². The third-order valence-corrected chi connectivity index (χ3v) is 11.3. The Morgan fingerprint density at radius 3 is 2.13 bits per heavy atom. The Morgan fingerprint density at radius 2 is 1.57 bits per heavy atom. The van der Waals surface area contributed by atoms with Gasteiger partial charge in [0.25, 0.3) is 0 Å². The molecule has 6 nitrogen and oxygen atoms in total. The number of esters is 1. The van der Waals surface area contributed by atoms with Gasteiger partial charge in [-0.15, -0.1) is 0 Å². The van der Waals surface area contributed by atoms with Crippen LogP contribution in [-0.2, 0) is 24.1 Å². The van der Waals surface area contributed by atoms with E-state index >= 15 is 0 Å². The zero-order valence-corrected chi connectivity index (χ0v) is 20.1. The lowest BCUT2D eigenvalue weighted by Gasteiger charge is -2.69. The molecule has 0 amide bonds. The summed E-state index contributed by atoms with van der Waals surface area (Å²) in [5.74, 6) is 0.772. The highest BCUT2D eigenvalue weighted by Crippen LogP contribution is 2.76. The number of cyclic esters (lactones) is 1. The molecular formula is C23H38O6S. The normalized spacial score (nSPS) is 50.6. The zero-order valence-electron chi connectivity index (χ0n) is 19.3. The maximum atomic E-state index is 12.0. The molecule has 1 heterocycles. The van der Waals surface area contributed by atoms with Gasteiger partial charge in [-0.1, -0.05) is 34.6 Å². The Balaban J connectivity index is 1.69. The first-order valence-corrected chi connectivity index (χ1v) is 12.8. The molecule has 7 atom stereocenters. The number of carbonyl (C=O) groups is 1. The van der Waals surface area contributed by atoms with E-state index in [0.29, 0.717) is 24.7 Å². The lowest BCUT2D eigenvalue weighted by molar-refractivity contribution is -0.228. The number of fused-ring (bicyclic) bond motifs is 3. The molecule has 1 saturated heterocycles. The second-order valence-corrected chi connectivity index (χ2v) is 13.0. The van der Waals surface area contributed by atoms with Crippen molar-refractivity contribution >= 4 is 16.4 Å².